The maximum Gasteiger partial charge on any atom is 0.328 e. The molecule has 2 heterocycles. The van der Waals surface area contributed by atoms with Gasteiger partial charge in [-0.05, 0) is 19.1 Å². The van der Waals surface area contributed by atoms with Crippen LogP contribution in [0.4, 0.5) is 5.82 Å². The summed E-state index contributed by atoms with van der Waals surface area (Å²) in [4.78, 5) is 15.9. The standard InChI is InChI=1S/C11H14N4O/c1-2-14-6-7-15(11(14)16)8-9-4-3-5-10(12)13-9/h3-7H,2,8H2,1H3,(H2,12,13). The number of anilines is 1. The Morgan fingerprint density at radius 1 is 1.31 bits per heavy atom. The normalized spacial score (nSPS) is 10.6. The molecule has 0 aromatic carbocycles. The largest absolute Gasteiger partial charge is 0.384 e. The fourth-order valence-corrected chi connectivity index (χ4v) is 1.58. The van der Waals surface area contributed by atoms with Crippen molar-refractivity contribution < 1.29 is 0 Å². The molecular formula is C11H14N4O. The molecule has 0 fully saturated rings. The lowest BCUT2D eigenvalue weighted by Gasteiger charge is -2.01. The van der Waals surface area contributed by atoms with Crippen LogP contribution in [-0.4, -0.2) is 14.1 Å². The Labute approximate surface area is 93.2 Å². The van der Waals surface area contributed by atoms with Crippen molar-refractivity contribution in [3.8, 4) is 0 Å². The van der Waals surface area contributed by atoms with Gasteiger partial charge in [0, 0.05) is 18.9 Å². The van der Waals surface area contributed by atoms with Crippen molar-refractivity contribution >= 4 is 5.82 Å². The monoisotopic (exact) mass is 218 g/mol. The Balaban J connectivity index is 2.27. The summed E-state index contributed by atoms with van der Waals surface area (Å²) in [5.74, 6) is 0.473. The first kappa shape index (κ1) is 10.5. The maximum absolute atomic E-state index is 11.8. The number of hydrogen-bond donors (Lipinski definition) is 1. The molecular weight excluding hydrogens is 204 g/mol. The third kappa shape index (κ3) is 1.98. The maximum atomic E-state index is 11.8. The van der Waals surface area contributed by atoms with E-state index in [1.165, 1.54) is 0 Å². The van der Waals surface area contributed by atoms with Gasteiger partial charge in [0.2, 0.25) is 0 Å². The number of pyridine rings is 1. The molecule has 0 aliphatic rings. The average molecular weight is 218 g/mol. The Kier molecular flexibility index (Phi) is 2.76. The smallest absolute Gasteiger partial charge is 0.328 e. The van der Waals surface area contributed by atoms with Gasteiger partial charge in [0.15, 0.2) is 0 Å². The van der Waals surface area contributed by atoms with Gasteiger partial charge in [-0.25, -0.2) is 9.78 Å². The zero-order valence-electron chi connectivity index (χ0n) is 9.13. The van der Waals surface area contributed by atoms with Crippen LogP contribution in [0.25, 0.3) is 0 Å². The number of nitrogens with two attached hydrogens (primary N) is 1. The third-order valence-corrected chi connectivity index (χ3v) is 2.42. The molecule has 0 atom stereocenters. The zero-order valence-corrected chi connectivity index (χ0v) is 9.13. The number of hydrogen-bond acceptors (Lipinski definition) is 3. The summed E-state index contributed by atoms with van der Waals surface area (Å²) in [5, 5.41) is 0. The van der Waals surface area contributed by atoms with E-state index in [-0.39, 0.29) is 5.69 Å². The third-order valence-electron chi connectivity index (χ3n) is 2.42. The Morgan fingerprint density at radius 2 is 2.06 bits per heavy atom. The van der Waals surface area contributed by atoms with Gasteiger partial charge < -0.3 is 5.73 Å². The van der Waals surface area contributed by atoms with Crippen molar-refractivity contribution in [1.82, 2.24) is 14.1 Å². The first-order valence-corrected chi connectivity index (χ1v) is 5.17. The van der Waals surface area contributed by atoms with Crippen LogP contribution in [0.15, 0.2) is 35.4 Å². The minimum atomic E-state index is -0.0216. The van der Waals surface area contributed by atoms with Gasteiger partial charge in [-0.3, -0.25) is 9.13 Å². The van der Waals surface area contributed by atoms with Gasteiger partial charge in [0.05, 0.1) is 12.2 Å². The Bertz CT molecular complexity index is 541. The summed E-state index contributed by atoms with van der Waals surface area (Å²) in [6.45, 7) is 3.07. The first-order valence-electron chi connectivity index (χ1n) is 5.17. The molecule has 2 aromatic heterocycles. The molecule has 5 heteroatoms. The molecule has 0 saturated heterocycles. The van der Waals surface area contributed by atoms with Crippen molar-refractivity contribution in [3.05, 3.63) is 46.8 Å². The summed E-state index contributed by atoms with van der Waals surface area (Å²) in [5.41, 5.74) is 6.34. The molecule has 0 amide bonds. The SMILES string of the molecule is CCn1ccn(Cc2cccc(N)n2)c1=O. The van der Waals surface area contributed by atoms with Crippen LogP contribution in [-0.2, 0) is 13.1 Å². The van der Waals surface area contributed by atoms with E-state index in [2.05, 4.69) is 4.98 Å². The quantitative estimate of drug-likeness (QED) is 0.824. The highest BCUT2D eigenvalue weighted by Gasteiger charge is 2.03. The molecule has 2 N–H and O–H groups in total. The van der Waals surface area contributed by atoms with Crippen molar-refractivity contribution in [2.45, 2.75) is 20.0 Å². The van der Waals surface area contributed by atoms with Crippen LogP contribution >= 0.6 is 0 Å². The molecule has 5 nitrogen and oxygen atoms in total. The summed E-state index contributed by atoms with van der Waals surface area (Å²) >= 11 is 0. The van der Waals surface area contributed by atoms with Gasteiger partial charge >= 0.3 is 5.69 Å². The van der Waals surface area contributed by atoms with Crippen molar-refractivity contribution in [3.63, 3.8) is 0 Å². The molecule has 0 radical (unpaired) electrons. The zero-order chi connectivity index (χ0) is 11.5. The minimum Gasteiger partial charge on any atom is -0.384 e. The molecule has 2 aromatic rings. The summed E-state index contributed by atoms with van der Waals surface area (Å²) < 4.78 is 3.26. The molecule has 0 aliphatic carbocycles. The predicted molar refractivity (Wildman–Crippen MR) is 62.1 cm³/mol. The lowest BCUT2D eigenvalue weighted by Crippen LogP contribution is -2.24. The lowest BCUT2D eigenvalue weighted by molar-refractivity contribution is 0.662. The molecule has 0 aliphatic heterocycles. The predicted octanol–water partition coefficient (Wildman–Crippen LogP) is 0.695. The van der Waals surface area contributed by atoms with Gasteiger partial charge in [-0.1, -0.05) is 6.07 Å². The van der Waals surface area contributed by atoms with E-state index >= 15 is 0 Å². The molecule has 2 rings (SSSR count). The van der Waals surface area contributed by atoms with Gasteiger partial charge in [-0.15, -0.1) is 0 Å². The van der Waals surface area contributed by atoms with Crippen LogP contribution in [0, 0.1) is 0 Å². The van der Waals surface area contributed by atoms with Crippen molar-refractivity contribution in [1.29, 1.82) is 0 Å². The average Bonchev–Trinajstić information content (AvgIpc) is 2.60. The number of imidazole rings is 1. The minimum absolute atomic E-state index is 0.0216. The fraction of sp³-hybridized carbons (Fsp3) is 0.273. The molecule has 0 spiro atoms. The topological polar surface area (TPSA) is 65.8 Å². The highest BCUT2D eigenvalue weighted by Crippen LogP contribution is 2.01. The van der Waals surface area contributed by atoms with Crippen LogP contribution in [0.1, 0.15) is 12.6 Å². The lowest BCUT2D eigenvalue weighted by atomic mass is 10.3. The van der Waals surface area contributed by atoms with Gasteiger partial charge in [0.25, 0.3) is 0 Å². The van der Waals surface area contributed by atoms with Crippen molar-refractivity contribution in [2.75, 3.05) is 5.73 Å². The molecule has 0 bridgehead atoms. The highest BCUT2D eigenvalue weighted by atomic mass is 16.1. The van der Waals surface area contributed by atoms with E-state index in [0.29, 0.717) is 18.9 Å². The van der Waals surface area contributed by atoms with Gasteiger partial charge in [0.1, 0.15) is 5.82 Å². The van der Waals surface area contributed by atoms with Crippen LogP contribution in [0.2, 0.25) is 0 Å². The van der Waals surface area contributed by atoms with E-state index in [4.69, 9.17) is 5.73 Å². The molecule has 0 unspecified atom stereocenters. The van der Waals surface area contributed by atoms with E-state index < -0.39 is 0 Å². The summed E-state index contributed by atoms with van der Waals surface area (Å²) in [6, 6.07) is 5.41. The summed E-state index contributed by atoms with van der Waals surface area (Å²) in [6.07, 6.45) is 3.53. The molecule has 16 heavy (non-hydrogen) atoms. The van der Waals surface area contributed by atoms with Crippen LogP contribution in [0.5, 0.6) is 0 Å². The number of nitrogen functional groups attached to an aromatic ring is 1. The first-order chi connectivity index (χ1) is 7.70. The Hall–Kier alpha value is -2.04. The summed E-state index contributed by atoms with van der Waals surface area (Å²) in [7, 11) is 0. The van der Waals surface area contributed by atoms with E-state index in [1.54, 1.807) is 27.6 Å². The van der Waals surface area contributed by atoms with Crippen LogP contribution < -0.4 is 11.4 Å². The van der Waals surface area contributed by atoms with E-state index in [9.17, 15) is 4.79 Å². The second kappa shape index (κ2) is 4.22. The highest BCUT2D eigenvalue weighted by molar-refractivity contribution is 5.28. The number of aryl methyl sites for hydroxylation is 1. The second-order valence-electron chi connectivity index (χ2n) is 3.55. The van der Waals surface area contributed by atoms with Gasteiger partial charge in [-0.2, -0.15) is 0 Å². The van der Waals surface area contributed by atoms with E-state index in [0.717, 1.165) is 5.69 Å². The number of nitrogens with zero attached hydrogens (tertiary/aromatic N) is 3. The van der Waals surface area contributed by atoms with Crippen molar-refractivity contribution in [2.24, 2.45) is 0 Å². The second-order valence-corrected chi connectivity index (χ2v) is 3.55. The Morgan fingerprint density at radius 3 is 2.69 bits per heavy atom. The molecule has 84 valence electrons. The number of aromatic nitrogens is 3. The van der Waals surface area contributed by atoms with Crippen LogP contribution in [0.3, 0.4) is 0 Å². The van der Waals surface area contributed by atoms with E-state index in [1.807, 2.05) is 19.1 Å². The number of rotatable bonds is 3. The molecule has 0 saturated carbocycles. The fourth-order valence-electron chi connectivity index (χ4n) is 1.58.